The van der Waals surface area contributed by atoms with E-state index in [1.54, 1.807) is 0 Å². The molecule has 0 radical (unpaired) electrons. The number of aromatic nitrogens is 1. The molecule has 1 N–H and O–H groups in total. The number of hydrogen-bond acceptors (Lipinski definition) is 4. The van der Waals surface area contributed by atoms with Crippen LogP contribution in [-0.4, -0.2) is 24.7 Å². The van der Waals surface area contributed by atoms with Crippen molar-refractivity contribution < 1.29 is 17.9 Å². The van der Waals surface area contributed by atoms with Crippen LogP contribution >= 0.6 is 11.3 Å². The molecule has 0 aliphatic heterocycles. The molecule has 1 atom stereocenters. The van der Waals surface area contributed by atoms with Gasteiger partial charge < -0.3 is 10.1 Å². The summed E-state index contributed by atoms with van der Waals surface area (Å²) in [5.74, 6) is 0. The Balaban J connectivity index is 2.70. The van der Waals surface area contributed by atoms with Crippen molar-refractivity contribution in [2.24, 2.45) is 0 Å². The second-order valence-corrected chi connectivity index (χ2v) is 4.72. The Morgan fingerprint density at radius 1 is 1.44 bits per heavy atom. The molecule has 1 unspecified atom stereocenters. The Labute approximate surface area is 108 Å². The van der Waals surface area contributed by atoms with E-state index < -0.39 is 11.2 Å². The monoisotopic (exact) mass is 282 g/mol. The Kier molecular flexibility index (Phi) is 6.04. The average Bonchev–Trinajstić information content (AvgIpc) is 2.77. The van der Waals surface area contributed by atoms with Crippen LogP contribution in [0.25, 0.3) is 0 Å². The summed E-state index contributed by atoms with van der Waals surface area (Å²) in [5.41, 5.74) is 0. The van der Waals surface area contributed by atoms with Gasteiger partial charge in [-0.2, -0.15) is 13.2 Å². The number of nitrogens with one attached hydrogen (secondary N) is 1. The lowest BCUT2D eigenvalue weighted by Crippen LogP contribution is -2.21. The first-order valence-electron chi connectivity index (χ1n) is 5.83. The molecule has 0 spiro atoms. The van der Waals surface area contributed by atoms with Crippen LogP contribution in [0.5, 0.6) is 0 Å². The maximum Gasteiger partial charge on any atom is 0.443 e. The molecule has 3 nitrogen and oxygen atoms in total. The molecule has 0 saturated carbocycles. The lowest BCUT2D eigenvalue weighted by Gasteiger charge is -2.15. The number of rotatable bonds is 7. The third-order valence-corrected chi connectivity index (χ3v) is 3.47. The fourth-order valence-corrected chi connectivity index (χ4v) is 2.41. The second kappa shape index (κ2) is 7.06. The number of alkyl halides is 3. The van der Waals surface area contributed by atoms with Crippen LogP contribution in [0.4, 0.5) is 13.2 Å². The number of ether oxygens (including phenoxy) is 1. The van der Waals surface area contributed by atoms with Gasteiger partial charge in [-0.1, -0.05) is 6.92 Å². The topological polar surface area (TPSA) is 34.1 Å². The third-order valence-electron chi connectivity index (χ3n) is 2.32. The first-order chi connectivity index (χ1) is 8.49. The van der Waals surface area contributed by atoms with Gasteiger partial charge in [0.2, 0.25) is 0 Å². The highest BCUT2D eigenvalue weighted by atomic mass is 32.1. The van der Waals surface area contributed by atoms with Crippen molar-refractivity contribution in [1.29, 1.82) is 0 Å². The van der Waals surface area contributed by atoms with E-state index in [0.717, 1.165) is 0 Å². The van der Waals surface area contributed by atoms with E-state index in [-0.39, 0.29) is 6.04 Å². The highest BCUT2D eigenvalue weighted by Crippen LogP contribution is 2.34. The van der Waals surface area contributed by atoms with Crippen molar-refractivity contribution in [1.82, 2.24) is 10.3 Å². The van der Waals surface area contributed by atoms with Crippen LogP contribution in [0.1, 0.15) is 36.2 Å². The predicted molar refractivity (Wildman–Crippen MR) is 64.6 cm³/mol. The third kappa shape index (κ3) is 4.55. The fraction of sp³-hybridized carbons (Fsp3) is 0.727. The summed E-state index contributed by atoms with van der Waals surface area (Å²) in [6.45, 7) is 5.62. The maximum atomic E-state index is 12.5. The van der Waals surface area contributed by atoms with Gasteiger partial charge >= 0.3 is 6.18 Å². The minimum atomic E-state index is -4.36. The van der Waals surface area contributed by atoms with Crippen molar-refractivity contribution in [2.45, 2.75) is 32.5 Å². The van der Waals surface area contributed by atoms with Crippen LogP contribution in [0.15, 0.2) is 6.20 Å². The Morgan fingerprint density at radius 3 is 2.67 bits per heavy atom. The summed E-state index contributed by atoms with van der Waals surface area (Å²) in [4.78, 5) is 4.03. The summed E-state index contributed by atoms with van der Waals surface area (Å²) in [7, 11) is 0. The van der Waals surface area contributed by atoms with Gasteiger partial charge in [0.15, 0.2) is 5.01 Å². The Morgan fingerprint density at radius 2 is 2.17 bits per heavy atom. The minimum absolute atomic E-state index is 0.129. The standard InChI is InChI=1S/C11H17F3N2OS/c1-3-15-8(5-6-17-4-2)9-7-16-10(18-9)11(12,13)14/h7-8,15H,3-6H2,1-2H3. The van der Waals surface area contributed by atoms with Gasteiger partial charge in [-0.15, -0.1) is 11.3 Å². The highest BCUT2D eigenvalue weighted by molar-refractivity contribution is 7.11. The van der Waals surface area contributed by atoms with Crippen LogP contribution in [0, 0.1) is 0 Å². The van der Waals surface area contributed by atoms with E-state index >= 15 is 0 Å². The average molecular weight is 282 g/mol. The molecular formula is C11H17F3N2OS. The van der Waals surface area contributed by atoms with Crippen molar-refractivity contribution in [2.75, 3.05) is 19.8 Å². The summed E-state index contributed by atoms with van der Waals surface area (Å²) in [6.07, 6.45) is -2.42. The van der Waals surface area contributed by atoms with Crippen molar-refractivity contribution in [3.63, 3.8) is 0 Å². The van der Waals surface area contributed by atoms with Gasteiger partial charge in [0.25, 0.3) is 0 Å². The number of thiazole rings is 1. The smallest absolute Gasteiger partial charge is 0.382 e. The lowest BCUT2D eigenvalue weighted by atomic mass is 10.2. The van der Waals surface area contributed by atoms with Crippen LogP contribution < -0.4 is 5.32 Å². The van der Waals surface area contributed by atoms with Gasteiger partial charge in [-0.05, 0) is 19.9 Å². The molecule has 1 rings (SSSR count). The lowest BCUT2D eigenvalue weighted by molar-refractivity contribution is -0.137. The summed E-state index contributed by atoms with van der Waals surface area (Å²) < 4.78 is 42.6. The highest BCUT2D eigenvalue weighted by Gasteiger charge is 2.35. The molecule has 0 aliphatic rings. The van der Waals surface area contributed by atoms with E-state index in [0.29, 0.717) is 42.4 Å². The van der Waals surface area contributed by atoms with E-state index in [9.17, 15) is 13.2 Å². The van der Waals surface area contributed by atoms with Crippen molar-refractivity contribution >= 4 is 11.3 Å². The normalized spacial score (nSPS) is 13.8. The quantitative estimate of drug-likeness (QED) is 0.780. The summed E-state index contributed by atoms with van der Waals surface area (Å²) in [6, 6.07) is -0.129. The number of hydrogen-bond donors (Lipinski definition) is 1. The first kappa shape index (κ1) is 15.4. The largest absolute Gasteiger partial charge is 0.443 e. The zero-order chi connectivity index (χ0) is 13.6. The molecule has 18 heavy (non-hydrogen) atoms. The zero-order valence-corrected chi connectivity index (χ0v) is 11.2. The van der Waals surface area contributed by atoms with Crippen LogP contribution in [0.3, 0.4) is 0 Å². The van der Waals surface area contributed by atoms with Crippen LogP contribution in [0.2, 0.25) is 0 Å². The van der Waals surface area contributed by atoms with E-state index in [1.165, 1.54) is 6.20 Å². The number of halogens is 3. The van der Waals surface area contributed by atoms with Gasteiger partial charge in [0.1, 0.15) is 0 Å². The van der Waals surface area contributed by atoms with E-state index in [1.807, 2.05) is 13.8 Å². The molecule has 0 bridgehead atoms. The van der Waals surface area contributed by atoms with Gasteiger partial charge in [0.05, 0.1) is 0 Å². The molecule has 0 aromatic carbocycles. The van der Waals surface area contributed by atoms with Crippen molar-refractivity contribution in [3.05, 3.63) is 16.1 Å². The summed E-state index contributed by atoms with van der Waals surface area (Å²) >= 11 is 0.692. The maximum absolute atomic E-state index is 12.5. The Bertz CT molecular complexity index is 354. The van der Waals surface area contributed by atoms with Crippen molar-refractivity contribution in [3.8, 4) is 0 Å². The van der Waals surface area contributed by atoms with E-state index in [2.05, 4.69) is 10.3 Å². The minimum Gasteiger partial charge on any atom is -0.382 e. The molecule has 1 heterocycles. The molecule has 0 amide bonds. The molecule has 0 fully saturated rings. The predicted octanol–water partition coefficient (Wildman–Crippen LogP) is 3.24. The molecule has 1 aromatic rings. The van der Waals surface area contributed by atoms with Crippen LogP contribution in [-0.2, 0) is 10.9 Å². The second-order valence-electron chi connectivity index (χ2n) is 3.66. The van der Waals surface area contributed by atoms with Gasteiger partial charge in [0, 0.05) is 30.3 Å². The molecule has 0 saturated heterocycles. The molecule has 7 heteroatoms. The Hall–Kier alpha value is -0.660. The first-order valence-corrected chi connectivity index (χ1v) is 6.64. The fourth-order valence-electron chi connectivity index (χ4n) is 1.52. The molecule has 0 aliphatic carbocycles. The molecule has 104 valence electrons. The summed E-state index contributed by atoms with van der Waals surface area (Å²) in [5, 5.41) is 2.35. The van der Waals surface area contributed by atoms with E-state index in [4.69, 9.17) is 4.74 Å². The van der Waals surface area contributed by atoms with Gasteiger partial charge in [-0.25, -0.2) is 4.98 Å². The molecule has 1 aromatic heterocycles. The zero-order valence-electron chi connectivity index (χ0n) is 10.4. The molecular weight excluding hydrogens is 265 g/mol. The number of nitrogens with zero attached hydrogens (tertiary/aromatic N) is 1. The SMILES string of the molecule is CCNC(CCOCC)c1cnc(C(F)(F)F)s1. The van der Waals surface area contributed by atoms with Gasteiger partial charge in [-0.3, -0.25) is 0 Å².